The van der Waals surface area contributed by atoms with E-state index < -0.39 is 0 Å². The maximum Gasteiger partial charge on any atom is 0.219 e. The Morgan fingerprint density at radius 2 is 2.25 bits per heavy atom. The summed E-state index contributed by atoms with van der Waals surface area (Å²) in [4.78, 5) is 4.45. The van der Waals surface area contributed by atoms with E-state index in [4.69, 9.17) is 22.1 Å². The largest absolute Gasteiger partial charge is 0.477 e. The van der Waals surface area contributed by atoms with E-state index in [9.17, 15) is 0 Å². The van der Waals surface area contributed by atoms with Gasteiger partial charge in [-0.3, -0.25) is 0 Å². The summed E-state index contributed by atoms with van der Waals surface area (Å²) in [6.07, 6.45) is 1.89. The molecule has 0 radical (unpaired) electrons. The molecule has 0 fully saturated rings. The van der Waals surface area contributed by atoms with Crippen LogP contribution in [0.15, 0.2) is 18.2 Å². The number of hydrogen-bond acceptors (Lipinski definition) is 3. The predicted molar refractivity (Wildman–Crippen MR) is 65.0 cm³/mol. The summed E-state index contributed by atoms with van der Waals surface area (Å²) in [6.45, 7) is 0.714. The van der Waals surface area contributed by atoms with Crippen molar-refractivity contribution < 1.29 is 4.74 Å². The molecule has 4 heteroatoms. The lowest BCUT2D eigenvalue weighted by Crippen LogP contribution is -2.12. The second kappa shape index (κ2) is 3.52. The number of nitrogen functional groups attached to an aromatic ring is 1. The normalized spacial score (nSPS) is 14.6. The molecule has 3 rings (SSSR count). The van der Waals surface area contributed by atoms with Crippen molar-refractivity contribution in [2.24, 2.45) is 0 Å². The Bertz CT molecular complexity index is 568. The van der Waals surface area contributed by atoms with E-state index in [0.29, 0.717) is 23.2 Å². The van der Waals surface area contributed by atoms with Gasteiger partial charge >= 0.3 is 0 Å². The number of halogens is 1. The number of hydrogen-bond donors (Lipinski definition) is 1. The Balaban J connectivity index is 2.40. The van der Waals surface area contributed by atoms with Crippen LogP contribution >= 0.6 is 11.6 Å². The molecule has 0 saturated carbocycles. The highest BCUT2D eigenvalue weighted by Gasteiger charge is 2.18. The lowest BCUT2D eigenvalue weighted by molar-refractivity contribution is 0.278. The maximum atomic E-state index is 6.14. The van der Waals surface area contributed by atoms with Gasteiger partial charge in [-0.1, -0.05) is 17.7 Å². The number of aromatic nitrogens is 1. The number of nitrogens with two attached hydrogens (primary N) is 1. The first-order valence-electron chi connectivity index (χ1n) is 5.27. The van der Waals surface area contributed by atoms with Gasteiger partial charge in [0, 0.05) is 10.9 Å². The summed E-state index contributed by atoms with van der Waals surface area (Å²) < 4.78 is 5.52. The highest BCUT2D eigenvalue weighted by atomic mass is 35.5. The molecule has 1 aliphatic rings. The van der Waals surface area contributed by atoms with E-state index in [-0.39, 0.29) is 0 Å². The van der Waals surface area contributed by atoms with Gasteiger partial charge in [0.1, 0.15) is 0 Å². The van der Waals surface area contributed by atoms with Crippen LogP contribution in [0.4, 0.5) is 5.69 Å². The molecule has 0 saturated heterocycles. The van der Waals surface area contributed by atoms with Crippen LogP contribution < -0.4 is 10.5 Å². The fourth-order valence-corrected chi connectivity index (χ4v) is 2.37. The second-order valence-corrected chi connectivity index (χ2v) is 4.30. The first-order chi connectivity index (χ1) is 7.77. The van der Waals surface area contributed by atoms with Crippen molar-refractivity contribution in [3.05, 3.63) is 28.8 Å². The molecule has 0 aliphatic carbocycles. The number of rotatable bonds is 0. The SMILES string of the molecule is Nc1c2c(nc3cccc(Cl)c13)OCCC2. The third-order valence-corrected chi connectivity index (χ3v) is 3.19. The minimum absolute atomic E-state index is 0.649. The van der Waals surface area contributed by atoms with Gasteiger partial charge in [-0.05, 0) is 25.0 Å². The van der Waals surface area contributed by atoms with Crippen molar-refractivity contribution in [1.82, 2.24) is 4.98 Å². The summed E-state index contributed by atoms with van der Waals surface area (Å²) in [6, 6.07) is 5.60. The van der Waals surface area contributed by atoms with E-state index in [0.717, 1.165) is 29.3 Å². The smallest absolute Gasteiger partial charge is 0.219 e. The Morgan fingerprint density at radius 3 is 3.12 bits per heavy atom. The van der Waals surface area contributed by atoms with Gasteiger partial charge in [-0.25, -0.2) is 4.98 Å². The molecule has 16 heavy (non-hydrogen) atoms. The molecule has 0 spiro atoms. The zero-order chi connectivity index (χ0) is 11.1. The third-order valence-electron chi connectivity index (χ3n) is 2.88. The number of anilines is 1. The quantitative estimate of drug-likeness (QED) is 0.763. The average Bonchev–Trinajstić information content (AvgIpc) is 2.29. The number of ether oxygens (including phenoxy) is 1. The highest BCUT2D eigenvalue weighted by molar-refractivity contribution is 6.36. The van der Waals surface area contributed by atoms with Gasteiger partial charge in [-0.2, -0.15) is 0 Å². The van der Waals surface area contributed by atoms with Crippen LogP contribution in [-0.4, -0.2) is 11.6 Å². The van der Waals surface area contributed by atoms with Crippen molar-refractivity contribution in [1.29, 1.82) is 0 Å². The van der Waals surface area contributed by atoms with Crippen LogP contribution in [-0.2, 0) is 6.42 Å². The number of nitrogens with zero attached hydrogens (tertiary/aromatic N) is 1. The summed E-state index contributed by atoms with van der Waals surface area (Å²) >= 11 is 6.14. The van der Waals surface area contributed by atoms with Gasteiger partial charge in [0.05, 0.1) is 22.8 Å². The topological polar surface area (TPSA) is 48.1 Å². The fraction of sp³-hybridized carbons (Fsp3) is 0.250. The van der Waals surface area contributed by atoms with Crippen molar-refractivity contribution >= 4 is 28.2 Å². The maximum absolute atomic E-state index is 6.14. The van der Waals surface area contributed by atoms with Gasteiger partial charge < -0.3 is 10.5 Å². The minimum Gasteiger partial charge on any atom is -0.477 e. The average molecular weight is 235 g/mol. The predicted octanol–water partition coefficient (Wildman–Crippen LogP) is 2.80. The first-order valence-corrected chi connectivity index (χ1v) is 5.64. The van der Waals surface area contributed by atoms with Crippen LogP contribution in [0.1, 0.15) is 12.0 Å². The number of pyridine rings is 1. The van der Waals surface area contributed by atoms with E-state index in [1.807, 2.05) is 18.2 Å². The Morgan fingerprint density at radius 1 is 1.38 bits per heavy atom. The molecule has 1 aliphatic heterocycles. The molecule has 0 unspecified atom stereocenters. The van der Waals surface area contributed by atoms with Crippen molar-refractivity contribution in [3.8, 4) is 5.88 Å². The molecule has 0 amide bonds. The van der Waals surface area contributed by atoms with Gasteiger partial charge in [-0.15, -0.1) is 0 Å². The van der Waals surface area contributed by atoms with E-state index >= 15 is 0 Å². The molecular weight excluding hydrogens is 224 g/mol. The summed E-state index contributed by atoms with van der Waals surface area (Å²) in [5.41, 5.74) is 8.64. The molecule has 2 N–H and O–H groups in total. The molecule has 0 atom stereocenters. The number of fused-ring (bicyclic) bond motifs is 2. The standard InChI is InChI=1S/C12H11ClN2O/c13-8-4-1-5-9-10(8)11(14)7-3-2-6-16-12(7)15-9/h1,4-5H,2-3,6H2,(H2,14,15). The molecule has 0 bridgehead atoms. The lowest BCUT2D eigenvalue weighted by Gasteiger charge is -2.19. The van der Waals surface area contributed by atoms with Crippen LogP contribution in [0.3, 0.4) is 0 Å². The van der Waals surface area contributed by atoms with E-state index in [2.05, 4.69) is 4.98 Å². The molecule has 2 aromatic rings. The summed E-state index contributed by atoms with van der Waals surface area (Å²) in [5, 5.41) is 1.49. The molecule has 1 aromatic heterocycles. The fourth-order valence-electron chi connectivity index (χ4n) is 2.09. The zero-order valence-corrected chi connectivity index (χ0v) is 9.42. The Kier molecular flexibility index (Phi) is 2.14. The van der Waals surface area contributed by atoms with E-state index in [1.54, 1.807) is 0 Å². The van der Waals surface area contributed by atoms with Crippen LogP contribution in [0.25, 0.3) is 10.9 Å². The van der Waals surface area contributed by atoms with Crippen molar-refractivity contribution in [3.63, 3.8) is 0 Å². The monoisotopic (exact) mass is 234 g/mol. The van der Waals surface area contributed by atoms with E-state index in [1.165, 1.54) is 0 Å². The van der Waals surface area contributed by atoms with Crippen molar-refractivity contribution in [2.45, 2.75) is 12.8 Å². The Labute approximate surface area is 98.2 Å². The summed E-state index contributed by atoms with van der Waals surface area (Å²) in [5.74, 6) is 0.665. The second-order valence-electron chi connectivity index (χ2n) is 3.90. The lowest BCUT2D eigenvalue weighted by atomic mass is 10.0. The minimum atomic E-state index is 0.649. The number of benzene rings is 1. The van der Waals surface area contributed by atoms with Crippen molar-refractivity contribution in [2.75, 3.05) is 12.3 Å². The summed E-state index contributed by atoms with van der Waals surface area (Å²) in [7, 11) is 0. The van der Waals surface area contributed by atoms with Gasteiger partial charge in [0.25, 0.3) is 0 Å². The zero-order valence-electron chi connectivity index (χ0n) is 8.66. The van der Waals surface area contributed by atoms with Gasteiger partial charge in [0.2, 0.25) is 5.88 Å². The molecular formula is C12H11ClN2O. The van der Waals surface area contributed by atoms with Crippen LogP contribution in [0, 0.1) is 0 Å². The molecule has 3 nitrogen and oxygen atoms in total. The first kappa shape index (κ1) is 9.73. The molecule has 1 aromatic carbocycles. The molecule has 2 heterocycles. The van der Waals surface area contributed by atoms with Gasteiger partial charge in [0.15, 0.2) is 0 Å². The molecule has 82 valence electrons. The Hall–Kier alpha value is -1.48. The van der Waals surface area contributed by atoms with Crippen LogP contribution in [0.2, 0.25) is 5.02 Å². The van der Waals surface area contributed by atoms with Crippen LogP contribution in [0.5, 0.6) is 5.88 Å². The third kappa shape index (κ3) is 1.32. The highest BCUT2D eigenvalue weighted by Crippen LogP contribution is 2.36.